The van der Waals surface area contributed by atoms with Gasteiger partial charge in [0.1, 0.15) is 11.5 Å². The van der Waals surface area contributed by atoms with E-state index in [2.05, 4.69) is 15.5 Å². The highest BCUT2D eigenvalue weighted by molar-refractivity contribution is 6.08. The summed E-state index contributed by atoms with van der Waals surface area (Å²) in [6, 6.07) is 21.8. The molecule has 1 aromatic heterocycles. The van der Waals surface area contributed by atoms with E-state index < -0.39 is 6.10 Å². The van der Waals surface area contributed by atoms with Crippen LogP contribution in [0.1, 0.15) is 16.8 Å². The van der Waals surface area contributed by atoms with Crippen LogP contribution in [0.4, 0.5) is 11.5 Å². The lowest BCUT2D eigenvalue weighted by atomic mass is 10.2. The molecule has 5 rings (SSSR count). The predicted octanol–water partition coefficient (Wildman–Crippen LogP) is 4.01. The average Bonchev–Trinajstić information content (AvgIpc) is 3.42. The van der Waals surface area contributed by atoms with E-state index in [1.54, 1.807) is 48.4 Å². The first-order valence-electron chi connectivity index (χ1n) is 10.6. The molecular weight excluding hydrogens is 420 g/mol. The number of ether oxygens (including phenoxy) is 2. The van der Waals surface area contributed by atoms with Crippen molar-refractivity contribution in [3.05, 3.63) is 78.4 Å². The summed E-state index contributed by atoms with van der Waals surface area (Å²) >= 11 is 0. The molecule has 1 aliphatic rings. The van der Waals surface area contributed by atoms with Crippen molar-refractivity contribution in [1.29, 1.82) is 0 Å². The van der Waals surface area contributed by atoms with Gasteiger partial charge in [-0.25, -0.2) is 0 Å². The normalized spacial score (nSPS) is 15.6. The van der Waals surface area contributed by atoms with E-state index >= 15 is 0 Å². The molecule has 0 aliphatic carbocycles. The molecule has 8 nitrogen and oxygen atoms in total. The minimum Gasteiger partial charge on any atom is -0.497 e. The summed E-state index contributed by atoms with van der Waals surface area (Å²) in [6.07, 6.45) is 0.0640. The molecule has 0 saturated carbocycles. The molecule has 8 heteroatoms. The smallest absolute Gasteiger partial charge is 0.268 e. The number of aromatic amines is 1. The van der Waals surface area contributed by atoms with Gasteiger partial charge in [-0.3, -0.25) is 14.7 Å². The minimum atomic E-state index is -0.544. The van der Waals surface area contributed by atoms with E-state index in [0.717, 1.165) is 11.1 Å². The molecule has 4 aromatic rings. The third kappa shape index (κ3) is 4.10. The number of nitrogens with zero attached hydrogens (tertiary/aromatic N) is 2. The summed E-state index contributed by atoms with van der Waals surface area (Å²) in [5.74, 6) is 1.22. The van der Waals surface area contributed by atoms with E-state index in [1.807, 2.05) is 36.4 Å². The number of nitrogens with one attached hydrogen (secondary N) is 2. The zero-order valence-corrected chi connectivity index (χ0v) is 17.9. The van der Waals surface area contributed by atoms with Gasteiger partial charge in [-0.1, -0.05) is 24.3 Å². The predicted molar refractivity (Wildman–Crippen MR) is 125 cm³/mol. The number of H-pyrrole nitrogens is 1. The van der Waals surface area contributed by atoms with Crippen LogP contribution in [0.3, 0.4) is 0 Å². The van der Waals surface area contributed by atoms with Crippen molar-refractivity contribution in [2.45, 2.75) is 12.5 Å². The van der Waals surface area contributed by atoms with Crippen molar-refractivity contribution in [2.75, 3.05) is 23.9 Å². The van der Waals surface area contributed by atoms with Gasteiger partial charge in [0, 0.05) is 35.7 Å². The molecule has 166 valence electrons. The Bertz CT molecular complexity index is 1320. The maximum Gasteiger partial charge on any atom is 0.268 e. The second-order valence-corrected chi connectivity index (χ2v) is 7.69. The molecule has 33 heavy (non-hydrogen) atoms. The summed E-state index contributed by atoms with van der Waals surface area (Å²) in [7, 11) is 1.55. The number of hydrogen-bond donors (Lipinski definition) is 2. The molecule has 0 radical (unpaired) electrons. The number of methoxy groups -OCH3 is 1. The molecule has 1 aliphatic heterocycles. The Hall–Kier alpha value is -4.33. The largest absolute Gasteiger partial charge is 0.497 e. The van der Waals surface area contributed by atoms with E-state index in [4.69, 9.17) is 9.47 Å². The average molecular weight is 442 g/mol. The maximum atomic E-state index is 12.8. The first-order chi connectivity index (χ1) is 16.1. The topological polar surface area (TPSA) is 96.5 Å². The van der Waals surface area contributed by atoms with Crippen LogP contribution in [0.2, 0.25) is 0 Å². The summed E-state index contributed by atoms with van der Waals surface area (Å²) in [5.41, 5.74) is 2.03. The molecule has 1 unspecified atom stereocenters. The summed E-state index contributed by atoms with van der Waals surface area (Å²) in [4.78, 5) is 27.2. The lowest BCUT2D eigenvalue weighted by Crippen LogP contribution is -2.32. The number of benzene rings is 3. The van der Waals surface area contributed by atoms with Crippen molar-refractivity contribution in [1.82, 2.24) is 10.2 Å². The van der Waals surface area contributed by atoms with E-state index in [9.17, 15) is 9.59 Å². The van der Waals surface area contributed by atoms with Crippen LogP contribution in [-0.4, -0.2) is 41.8 Å². The molecular formula is C25H22N4O4. The van der Waals surface area contributed by atoms with Crippen LogP contribution in [0, 0.1) is 0 Å². The van der Waals surface area contributed by atoms with Gasteiger partial charge in [-0.2, -0.15) is 5.10 Å². The van der Waals surface area contributed by atoms with Crippen LogP contribution in [0.25, 0.3) is 10.9 Å². The molecule has 2 N–H and O–H groups in total. The molecule has 2 amide bonds. The van der Waals surface area contributed by atoms with Crippen LogP contribution in [0.15, 0.2) is 72.8 Å². The number of hydrogen-bond acceptors (Lipinski definition) is 5. The highest BCUT2D eigenvalue weighted by Crippen LogP contribution is 2.29. The fourth-order valence-electron chi connectivity index (χ4n) is 3.90. The quantitative estimate of drug-likeness (QED) is 0.470. The second-order valence-electron chi connectivity index (χ2n) is 7.69. The van der Waals surface area contributed by atoms with Gasteiger partial charge in [0.25, 0.3) is 11.8 Å². The number of para-hydroxylation sites is 1. The van der Waals surface area contributed by atoms with Crippen LogP contribution in [0.5, 0.6) is 11.5 Å². The highest BCUT2D eigenvalue weighted by atomic mass is 16.5. The van der Waals surface area contributed by atoms with Gasteiger partial charge < -0.3 is 19.7 Å². The summed E-state index contributed by atoms with van der Waals surface area (Å²) in [6.45, 7) is 0.611. The molecule has 0 spiro atoms. The first-order valence-corrected chi connectivity index (χ1v) is 10.6. The van der Waals surface area contributed by atoms with Gasteiger partial charge in [-0.15, -0.1) is 0 Å². The Morgan fingerprint density at radius 1 is 1.06 bits per heavy atom. The van der Waals surface area contributed by atoms with Crippen LogP contribution in [-0.2, 0) is 4.79 Å². The highest BCUT2D eigenvalue weighted by Gasteiger charge is 2.34. The third-order valence-corrected chi connectivity index (χ3v) is 5.60. The Morgan fingerprint density at radius 3 is 2.73 bits per heavy atom. The number of aromatic nitrogens is 2. The first kappa shape index (κ1) is 20.6. The fraction of sp³-hybridized carbons (Fsp3) is 0.160. The van der Waals surface area contributed by atoms with Crippen LogP contribution < -0.4 is 19.7 Å². The standard InChI is InChI=1S/C25H22N4O4/c1-32-18-9-5-6-16(14-18)24(30)26-23-20-11-10-19(15-21(20)27-28-23)33-22-12-13-29(25(22)31)17-7-3-2-4-8-17/h2-11,14-15,22H,12-13H2,1H3,(H2,26,27,28,30). The molecule has 1 atom stereocenters. The molecule has 1 fully saturated rings. The van der Waals surface area contributed by atoms with Gasteiger partial charge in [0.05, 0.1) is 12.6 Å². The zero-order valence-electron chi connectivity index (χ0n) is 17.9. The Labute approximate surface area is 190 Å². The van der Waals surface area contributed by atoms with Gasteiger partial charge in [-0.05, 0) is 42.5 Å². The lowest BCUT2D eigenvalue weighted by molar-refractivity contribution is -0.122. The zero-order chi connectivity index (χ0) is 22.8. The van der Waals surface area contributed by atoms with E-state index in [-0.39, 0.29) is 11.8 Å². The number of carbonyl (C=O) groups excluding carboxylic acids is 2. The number of anilines is 2. The number of rotatable bonds is 6. The van der Waals surface area contributed by atoms with Gasteiger partial charge in [0.2, 0.25) is 0 Å². The van der Waals surface area contributed by atoms with Crippen molar-refractivity contribution < 1.29 is 19.1 Å². The minimum absolute atomic E-state index is 0.0582. The van der Waals surface area contributed by atoms with Crippen molar-refractivity contribution in [3.63, 3.8) is 0 Å². The Balaban J connectivity index is 1.29. The number of amides is 2. The fourth-order valence-corrected chi connectivity index (χ4v) is 3.90. The molecule has 3 aromatic carbocycles. The van der Waals surface area contributed by atoms with E-state index in [1.165, 1.54) is 0 Å². The molecule has 1 saturated heterocycles. The SMILES string of the molecule is COc1cccc(C(=O)Nc2n[nH]c3cc(OC4CCN(c5ccccc5)C4=O)ccc23)c1. The Kier molecular flexibility index (Phi) is 5.40. The van der Waals surface area contributed by atoms with Crippen molar-refractivity contribution in [3.8, 4) is 11.5 Å². The maximum absolute atomic E-state index is 12.8. The molecule has 2 heterocycles. The van der Waals surface area contributed by atoms with Gasteiger partial charge in [0.15, 0.2) is 11.9 Å². The molecule has 0 bridgehead atoms. The second kappa shape index (κ2) is 8.66. The van der Waals surface area contributed by atoms with Crippen LogP contribution >= 0.6 is 0 Å². The number of carbonyl (C=O) groups is 2. The van der Waals surface area contributed by atoms with E-state index in [0.29, 0.717) is 41.4 Å². The third-order valence-electron chi connectivity index (χ3n) is 5.60. The number of fused-ring (bicyclic) bond motifs is 1. The summed E-state index contributed by atoms with van der Waals surface area (Å²) < 4.78 is 11.2. The lowest BCUT2D eigenvalue weighted by Gasteiger charge is -2.17. The van der Waals surface area contributed by atoms with Gasteiger partial charge >= 0.3 is 0 Å². The Morgan fingerprint density at radius 2 is 1.91 bits per heavy atom. The van der Waals surface area contributed by atoms with Crippen molar-refractivity contribution >= 4 is 34.2 Å². The van der Waals surface area contributed by atoms with Crippen molar-refractivity contribution in [2.24, 2.45) is 0 Å². The monoisotopic (exact) mass is 442 g/mol. The summed E-state index contributed by atoms with van der Waals surface area (Å²) in [5, 5.41) is 10.7.